The molecule has 23 heavy (non-hydrogen) atoms. The molecule has 1 heterocycles. The lowest BCUT2D eigenvalue weighted by Gasteiger charge is -2.01. The summed E-state index contributed by atoms with van der Waals surface area (Å²) in [5, 5.41) is 15.2. The van der Waals surface area contributed by atoms with Gasteiger partial charge in [-0.25, -0.2) is 0 Å². The van der Waals surface area contributed by atoms with Crippen molar-refractivity contribution in [2.45, 2.75) is 13.8 Å². The van der Waals surface area contributed by atoms with E-state index in [0.717, 1.165) is 16.7 Å². The largest absolute Gasteiger partial charge is 0.334 e. The van der Waals surface area contributed by atoms with Crippen LogP contribution in [-0.2, 0) is 0 Å². The van der Waals surface area contributed by atoms with E-state index in [1.54, 1.807) is 0 Å². The fourth-order valence-electron chi connectivity index (χ4n) is 2.21. The number of nitro benzene ring substituents is 1. The third kappa shape index (κ3) is 2.93. The summed E-state index contributed by atoms with van der Waals surface area (Å²) in [6.45, 7) is 3.92. The van der Waals surface area contributed by atoms with Crippen molar-refractivity contribution in [3.05, 3.63) is 62.7 Å². The minimum atomic E-state index is -0.498. The van der Waals surface area contributed by atoms with E-state index in [1.807, 2.05) is 32.0 Å². The van der Waals surface area contributed by atoms with Crippen molar-refractivity contribution in [3.63, 3.8) is 0 Å². The zero-order valence-electron chi connectivity index (χ0n) is 12.4. The molecule has 116 valence electrons. The first-order chi connectivity index (χ1) is 11.0. The van der Waals surface area contributed by atoms with Crippen LogP contribution in [0.25, 0.3) is 22.8 Å². The predicted molar refractivity (Wildman–Crippen MR) is 86.3 cm³/mol. The third-order valence-electron chi connectivity index (χ3n) is 3.45. The summed E-state index contributed by atoms with van der Waals surface area (Å²) in [6.07, 6.45) is 0. The summed E-state index contributed by atoms with van der Waals surface area (Å²) in [5.41, 5.74) is 3.18. The lowest BCUT2D eigenvalue weighted by molar-refractivity contribution is -0.384. The van der Waals surface area contributed by atoms with Crippen LogP contribution in [-0.4, -0.2) is 15.1 Å². The second kappa shape index (κ2) is 5.81. The molecule has 7 heteroatoms. The Kier molecular flexibility index (Phi) is 3.83. The number of nitrogens with zero attached hydrogens (tertiary/aromatic N) is 3. The Morgan fingerprint density at radius 1 is 1.13 bits per heavy atom. The summed E-state index contributed by atoms with van der Waals surface area (Å²) < 4.78 is 5.25. The van der Waals surface area contributed by atoms with Crippen LogP contribution in [0.2, 0.25) is 5.02 Å². The molecule has 0 amide bonds. The first-order valence-corrected chi connectivity index (χ1v) is 7.19. The standard InChI is InChI=1S/C16H12ClN3O3/c1-9-3-4-10(2)12(7-9)15-18-16(23-19-15)13-8-11(20(21)22)5-6-14(13)17/h3-8H,1-2H3. The van der Waals surface area contributed by atoms with E-state index in [9.17, 15) is 10.1 Å². The molecule has 3 aromatic rings. The van der Waals surface area contributed by atoms with Crippen LogP contribution in [0, 0.1) is 24.0 Å². The monoisotopic (exact) mass is 329 g/mol. The van der Waals surface area contributed by atoms with Gasteiger partial charge >= 0.3 is 0 Å². The molecule has 0 bridgehead atoms. The summed E-state index contributed by atoms with van der Waals surface area (Å²) >= 11 is 6.10. The van der Waals surface area contributed by atoms with Crippen LogP contribution in [0.15, 0.2) is 40.9 Å². The van der Waals surface area contributed by atoms with Crippen molar-refractivity contribution in [2.24, 2.45) is 0 Å². The molecule has 2 aromatic carbocycles. The van der Waals surface area contributed by atoms with E-state index in [4.69, 9.17) is 16.1 Å². The first-order valence-electron chi connectivity index (χ1n) is 6.81. The molecule has 0 aliphatic rings. The van der Waals surface area contributed by atoms with Gasteiger partial charge in [0.05, 0.1) is 15.5 Å². The normalized spacial score (nSPS) is 10.7. The average Bonchev–Trinajstić information content (AvgIpc) is 2.99. The van der Waals surface area contributed by atoms with Gasteiger partial charge in [0, 0.05) is 17.7 Å². The average molecular weight is 330 g/mol. The van der Waals surface area contributed by atoms with Gasteiger partial charge < -0.3 is 4.52 Å². The number of benzene rings is 2. The van der Waals surface area contributed by atoms with E-state index in [-0.39, 0.29) is 11.6 Å². The highest BCUT2D eigenvalue weighted by Crippen LogP contribution is 2.32. The lowest BCUT2D eigenvalue weighted by Crippen LogP contribution is -1.90. The second-order valence-corrected chi connectivity index (χ2v) is 5.57. The molecule has 0 unspecified atom stereocenters. The van der Waals surface area contributed by atoms with Crippen LogP contribution in [0.3, 0.4) is 0 Å². The molecule has 0 radical (unpaired) electrons. The fraction of sp³-hybridized carbons (Fsp3) is 0.125. The second-order valence-electron chi connectivity index (χ2n) is 5.16. The van der Waals surface area contributed by atoms with E-state index in [1.165, 1.54) is 18.2 Å². The molecule has 0 aliphatic carbocycles. The van der Waals surface area contributed by atoms with E-state index >= 15 is 0 Å². The van der Waals surface area contributed by atoms with Crippen molar-refractivity contribution in [1.82, 2.24) is 10.1 Å². The molecule has 6 nitrogen and oxygen atoms in total. The first kappa shape index (κ1) is 15.2. The Balaban J connectivity index is 2.07. The van der Waals surface area contributed by atoms with Gasteiger partial charge in [-0.1, -0.05) is 34.5 Å². The summed E-state index contributed by atoms with van der Waals surface area (Å²) in [5.74, 6) is 0.568. The maximum atomic E-state index is 10.9. The molecule has 0 fully saturated rings. The van der Waals surface area contributed by atoms with Crippen molar-refractivity contribution in [2.75, 3.05) is 0 Å². The highest BCUT2D eigenvalue weighted by molar-refractivity contribution is 6.33. The Hall–Kier alpha value is -2.73. The van der Waals surface area contributed by atoms with Crippen LogP contribution in [0.4, 0.5) is 5.69 Å². The quantitative estimate of drug-likeness (QED) is 0.518. The van der Waals surface area contributed by atoms with E-state index < -0.39 is 4.92 Å². The maximum Gasteiger partial charge on any atom is 0.270 e. The Morgan fingerprint density at radius 2 is 1.91 bits per heavy atom. The SMILES string of the molecule is Cc1ccc(C)c(-c2noc(-c3cc([N+](=O)[O-])ccc3Cl)n2)c1. The molecule has 0 atom stereocenters. The predicted octanol–water partition coefficient (Wildman–Crippen LogP) is 4.58. The number of hydrogen-bond donors (Lipinski definition) is 0. The highest BCUT2D eigenvalue weighted by Gasteiger charge is 2.18. The minimum Gasteiger partial charge on any atom is -0.334 e. The fourth-order valence-corrected chi connectivity index (χ4v) is 2.41. The lowest BCUT2D eigenvalue weighted by atomic mass is 10.1. The number of hydrogen-bond acceptors (Lipinski definition) is 5. The van der Waals surface area contributed by atoms with Crippen LogP contribution < -0.4 is 0 Å². The number of rotatable bonds is 3. The van der Waals surface area contributed by atoms with Crippen LogP contribution in [0.1, 0.15) is 11.1 Å². The van der Waals surface area contributed by atoms with Gasteiger partial charge in [-0.15, -0.1) is 0 Å². The van der Waals surface area contributed by atoms with E-state index in [0.29, 0.717) is 16.4 Å². The molecule has 0 N–H and O–H groups in total. The zero-order valence-corrected chi connectivity index (χ0v) is 13.2. The van der Waals surface area contributed by atoms with Gasteiger partial charge in [-0.3, -0.25) is 10.1 Å². The minimum absolute atomic E-state index is 0.0871. The molecule has 0 spiro atoms. The van der Waals surface area contributed by atoms with Gasteiger partial charge in [0.15, 0.2) is 0 Å². The zero-order chi connectivity index (χ0) is 16.6. The topological polar surface area (TPSA) is 82.1 Å². The molecular formula is C16H12ClN3O3. The number of aryl methyl sites for hydroxylation is 2. The van der Waals surface area contributed by atoms with Gasteiger partial charge in [0.25, 0.3) is 11.6 Å². The van der Waals surface area contributed by atoms with Gasteiger partial charge in [-0.05, 0) is 31.5 Å². The summed E-state index contributed by atoms with van der Waals surface area (Å²) in [7, 11) is 0. The molecule has 3 rings (SSSR count). The Bertz CT molecular complexity index is 905. The Labute approximate surface area is 136 Å². The van der Waals surface area contributed by atoms with Crippen molar-refractivity contribution in [3.8, 4) is 22.8 Å². The van der Waals surface area contributed by atoms with Crippen LogP contribution in [0.5, 0.6) is 0 Å². The Morgan fingerprint density at radius 3 is 2.65 bits per heavy atom. The smallest absolute Gasteiger partial charge is 0.270 e. The number of nitro groups is 1. The van der Waals surface area contributed by atoms with Crippen molar-refractivity contribution in [1.29, 1.82) is 0 Å². The number of halogens is 1. The van der Waals surface area contributed by atoms with E-state index in [2.05, 4.69) is 10.1 Å². The van der Waals surface area contributed by atoms with Crippen LogP contribution >= 0.6 is 11.6 Å². The molecule has 0 saturated carbocycles. The molecule has 0 saturated heterocycles. The van der Waals surface area contributed by atoms with Gasteiger partial charge in [0.1, 0.15) is 0 Å². The summed E-state index contributed by atoms with van der Waals surface area (Å²) in [4.78, 5) is 14.7. The van der Waals surface area contributed by atoms with Gasteiger partial charge in [-0.2, -0.15) is 4.98 Å². The van der Waals surface area contributed by atoms with Crippen molar-refractivity contribution >= 4 is 17.3 Å². The molecular weight excluding hydrogens is 318 g/mol. The molecule has 1 aromatic heterocycles. The van der Waals surface area contributed by atoms with Gasteiger partial charge in [0.2, 0.25) is 5.82 Å². The molecule has 0 aliphatic heterocycles. The third-order valence-corrected chi connectivity index (χ3v) is 3.78. The number of non-ortho nitro benzene ring substituents is 1. The highest BCUT2D eigenvalue weighted by atomic mass is 35.5. The summed E-state index contributed by atoms with van der Waals surface area (Å²) in [6, 6.07) is 10.0. The maximum absolute atomic E-state index is 10.9. The number of aromatic nitrogens is 2. The van der Waals surface area contributed by atoms with Crippen molar-refractivity contribution < 1.29 is 9.45 Å².